The maximum absolute atomic E-state index is 11.4. The molecule has 0 atom stereocenters. The van der Waals surface area contributed by atoms with E-state index in [-0.39, 0.29) is 5.91 Å². The molecule has 11 heavy (non-hydrogen) atoms. The third-order valence-corrected chi connectivity index (χ3v) is 1.97. The van der Waals surface area contributed by atoms with Crippen molar-refractivity contribution in [2.75, 3.05) is 7.05 Å². The molecule has 2 N–H and O–H groups in total. The largest absolute Gasteiger partial charge is 0.341 e. The third-order valence-electron chi connectivity index (χ3n) is 1.97. The number of nitrogens with two attached hydrogens (primary N) is 1. The van der Waals surface area contributed by atoms with Crippen molar-refractivity contribution in [2.45, 2.75) is 38.3 Å². The number of amides is 1. The van der Waals surface area contributed by atoms with Crippen LogP contribution in [0.25, 0.3) is 0 Å². The molecule has 0 saturated heterocycles. The molecule has 0 spiro atoms. The van der Waals surface area contributed by atoms with Crippen LogP contribution in [0, 0.1) is 0 Å². The van der Waals surface area contributed by atoms with Crippen LogP contribution in [0.1, 0.15) is 26.7 Å². The molecule has 0 radical (unpaired) electrons. The van der Waals surface area contributed by atoms with Gasteiger partial charge in [0, 0.05) is 13.1 Å². The molecule has 1 aliphatic carbocycles. The lowest BCUT2D eigenvalue weighted by atomic mass is 10.1. The summed E-state index contributed by atoms with van der Waals surface area (Å²) in [6.07, 6.45) is 2.27. The Hall–Kier alpha value is -0.570. The number of carbonyl (C=O) groups is 1. The van der Waals surface area contributed by atoms with E-state index in [4.69, 9.17) is 5.73 Å². The minimum absolute atomic E-state index is 0.0417. The number of likely N-dealkylation sites (N-methyl/N-ethyl adjacent to an activating group) is 1. The molecule has 1 fully saturated rings. The van der Waals surface area contributed by atoms with E-state index >= 15 is 0 Å². The Kier molecular flexibility index (Phi) is 1.92. The fourth-order valence-electron chi connectivity index (χ4n) is 1.08. The first-order valence-corrected chi connectivity index (χ1v) is 3.99. The average Bonchev–Trinajstić information content (AvgIpc) is 2.63. The molecular formula is C8H16N2O. The number of hydrogen-bond donors (Lipinski definition) is 1. The topological polar surface area (TPSA) is 46.3 Å². The number of nitrogens with zero attached hydrogens (tertiary/aromatic N) is 1. The van der Waals surface area contributed by atoms with E-state index in [1.807, 2.05) is 7.05 Å². The quantitative estimate of drug-likeness (QED) is 0.627. The van der Waals surface area contributed by atoms with E-state index in [0.29, 0.717) is 6.04 Å². The van der Waals surface area contributed by atoms with Crippen molar-refractivity contribution >= 4 is 5.91 Å². The zero-order chi connectivity index (χ0) is 8.65. The molecule has 0 aromatic heterocycles. The van der Waals surface area contributed by atoms with Crippen LogP contribution in [0.4, 0.5) is 0 Å². The van der Waals surface area contributed by atoms with E-state index in [1.54, 1.807) is 18.7 Å². The van der Waals surface area contributed by atoms with Crippen molar-refractivity contribution in [1.82, 2.24) is 4.90 Å². The lowest BCUT2D eigenvalue weighted by molar-refractivity contribution is -0.134. The van der Waals surface area contributed by atoms with E-state index in [2.05, 4.69) is 0 Å². The number of carbonyl (C=O) groups excluding carboxylic acids is 1. The predicted octanol–water partition coefficient (Wildman–Crippen LogP) is 0.345. The van der Waals surface area contributed by atoms with Crippen molar-refractivity contribution in [3.63, 3.8) is 0 Å². The van der Waals surface area contributed by atoms with Crippen LogP contribution >= 0.6 is 0 Å². The van der Waals surface area contributed by atoms with Gasteiger partial charge < -0.3 is 10.6 Å². The summed E-state index contributed by atoms with van der Waals surface area (Å²) >= 11 is 0. The molecule has 0 bridgehead atoms. The van der Waals surface area contributed by atoms with Gasteiger partial charge in [-0.25, -0.2) is 0 Å². The van der Waals surface area contributed by atoms with Crippen LogP contribution in [0.15, 0.2) is 0 Å². The van der Waals surface area contributed by atoms with Crippen LogP contribution < -0.4 is 5.73 Å². The molecular weight excluding hydrogens is 140 g/mol. The monoisotopic (exact) mass is 156 g/mol. The summed E-state index contributed by atoms with van der Waals surface area (Å²) in [6.45, 7) is 3.49. The first-order chi connectivity index (χ1) is 4.93. The predicted molar refractivity (Wildman–Crippen MR) is 44.1 cm³/mol. The molecule has 0 aromatic carbocycles. The molecule has 1 aliphatic rings. The summed E-state index contributed by atoms with van der Waals surface area (Å²) in [4.78, 5) is 13.2. The molecule has 0 aromatic rings. The van der Waals surface area contributed by atoms with E-state index < -0.39 is 5.54 Å². The Morgan fingerprint density at radius 3 is 2.27 bits per heavy atom. The van der Waals surface area contributed by atoms with Gasteiger partial charge in [-0.1, -0.05) is 0 Å². The molecule has 3 heteroatoms. The summed E-state index contributed by atoms with van der Waals surface area (Å²) < 4.78 is 0. The number of hydrogen-bond acceptors (Lipinski definition) is 2. The van der Waals surface area contributed by atoms with Crippen LogP contribution in [-0.4, -0.2) is 29.4 Å². The number of rotatable bonds is 2. The maximum Gasteiger partial charge on any atom is 0.242 e. The lowest BCUT2D eigenvalue weighted by Crippen LogP contribution is -2.50. The molecule has 1 rings (SSSR count). The third kappa shape index (κ3) is 1.93. The summed E-state index contributed by atoms with van der Waals surface area (Å²) in [5.41, 5.74) is 4.94. The van der Waals surface area contributed by atoms with E-state index in [9.17, 15) is 4.79 Å². The SMILES string of the molecule is CN(C(=O)C(C)(C)N)C1CC1. The van der Waals surface area contributed by atoms with Crippen molar-refractivity contribution in [3.8, 4) is 0 Å². The van der Waals surface area contributed by atoms with Crippen molar-refractivity contribution in [1.29, 1.82) is 0 Å². The molecule has 0 unspecified atom stereocenters. The van der Waals surface area contributed by atoms with Crippen LogP contribution in [0.2, 0.25) is 0 Å². The Bertz CT molecular complexity index is 167. The molecule has 0 heterocycles. The standard InChI is InChI=1S/C8H16N2O/c1-8(2,9)7(11)10(3)6-4-5-6/h6H,4-5,9H2,1-3H3. The first-order valence-electron chi connectivity index (χ1n) is 3.99. The zero-order valence-electron chi connectivity index (χ0n) is 7.42. The zero-order valence-corrected chi connectivity index (χ0v) is 7.42. The summed E-state index contributed by atoms with van der Waals surface area (Å²) in [7, 11) is 1.83. The van der Waals surface area contributed by atoms with Gasteiger partial charge in [0.2, 0.25) is 5.91 Å². The van der Waals surface area contributed by atoms with Gasteiger partial charge in [-0.05, 0) is 26.7 Å². The molecule has 64 valence electrons. The van der Waals surface area contributed by atoms with E-state index in [1.165, 1.54) is 0 Å². The highest BCUT2D eigenvalue weighted by atomic mass is 16.2. The van der Waals surface area contributed by atoms with Crippen molar-refractivity contribution < 1.29 is 4.79 Å². The Labute approximate surface area is 67.5 Å². The maximum atomic E-state index is 11.4. The van der Waals surface area contributed by atoms with Gasteiger partial charge in [-0.2, -0.15) is 0 Å². The van der Waals surface area contributed by atoms with Gasteiger partial charge >= 0.3 is 0 Å². The minimum atomic E-state index is -0.711. The van der Waals surface area contributed by atoms with Crippen LogP contribution in [0.5, 0.6) is 0 Å². The second-order valence-electron chi connectivity index (χ2n) is 3.87. The van der Waals surface area contributed by atoms with Gasteiger partial charge in [0.1, 0.15) is 0 Å². The normalized spacial score (nSPS) is 18.2. The van der Waals surface area contributed by atoms with Gasteiger partial charge in [0.15, 0.2) is 0 Å². The average molecular weight is 156 g/mol. The van der Waals surface area contributed by atoms with Gasteiger partial charge in [-0.15, -0.1) is 0 Å². The van der Waals surface area contributed by atoms with Crippen molar-refractivity contribution in [2.24, 2.45) is 5.73 Å². The summed E-state index contributed by atoms with van der Waals surface area (Å²) in [5, 5.41) is 0. The summed E-state index contributed by atoms with van der Waals surface area (Å²) in [5.74, 6) is 0.0417. The second-order valence-corrected chi connectivity index (χ2v) is 3.87. The second kappa shape index (κ2) is 2.48. The fourth-order valence-corrected chi connectivity index (χ4v) is 1.08. The highest BCUT2D eigenvalue weighted by Gasteiger charge is 2.34. The van der Waals surface area contributed by atoms with Gasteiger partial charge in [-0.3, -0.25) is 4.79 Å². The summed E-state index contributed by atoms with van der Waals surface area (Å²) in [6, 6.07) is 0.463. The Balaban J connectivity index is 2.52. The van der Waals surface area contributed by atoms with Crippen LogP contribution in [-0.2, 0) is 4.79 Å². The van der Waals surface area contributed by atoms with Crippen molar-refractivity contribution in [3.05, 3.63) is 0 Å². The first kappa shape index (κ1) is 8.53. The molecule has 3 nitrogen and oxygen atoms in total. The highest BCUT2D eigenvalue weighted by molar-refractivity contribution is 5.85. The Morgan fingerprint density at radius 1 is 1.55 bits per heavy atom. The van der Waals surface area contributed by atoms with Crippen LogP contribution in [0.3, 0.4) is 0 Å². The highest BCUT2D eigenvalue weighted by Crippen LogP contribution is 2.26. The van der Waals surface area contributed by atoms with Gasteiger partial charge in [0.25, 0.3) is 0 Å². The fraction of sp³-hybridized carbons (Fsp3) is 0.875. The molecule has 0 aliphatic heterocycles. The van der Waals surface area contributed by atoms with E-state index in [0.717, 1.165) is 12.8 Å². The lowest BCUT2D eigenvalue weighted by Gasteiger charge is -2.25. The van der Waals surface area contributed by atoms with Gasteiger partial charge in [0.05, 0.1) is 5.54 Å². The molecule has 1 saturated carbocycles. The Morgan fingerprint density at radius 2 is 2.00 bits per heavy atom. The smallest absolute Gasteiger partial charge is 0.242 e. The minimum Gasteiger partial charge on any atom is -0.341 e. The molecule has 1 amide bonds.